The number of aromatic carboxylic acids is 1. The Bertz CT molecular complexity index is 476. The van der Waals surface area contributed by atoms with Gasteiger partial charge in [0.1, 0.15) is 5.69 Å². The number of carbonyl (C=O) groups is 1. The van der Waals surface area contributed by atoms with E-state index in [0.717, 1.165) is 4.88 Å². The summed E-state index contributed by atoms with van der Waals surface area (Å²) in [4.78, 5) is 13.1. The lowest BCUT2D eigenvalue weighted by Gasteiger charge is -1.90. The van der Waals surface area contributed by atoms with Crippen LogP contribution < -0.4 is 0 Å². The number of nitrogens with zero attached hydrogens (tertiary/aromatic N) is 3. The molecule has 5 nitrogen and oxygen atoms in total. The maximum absolute atomic E-state index is 10.9. The van der Waals surface area contributed by atoms with E-state index in [4.69, 9.17) is 5.11 Å². The fraction of sp³-hybridized carbons (Fsp3) is 0.222. The Morgan fingerprint density at radius 3 is 2.93 bits per heavy atom. The fourth-order valence-electron chi connectivity index (χ4n) is 1.21. The second-order valence-electron chi connectivity index (χ2n) is 2.87. The Morgan fingerprint density at radius 1 is 1.60 bits per heavy atom. The Kier molecular flexibility index (Phi) is 2.51. The van der Waals surface area contributed by atoms with E-state index in [2.05, 4.69) is 10.2 Å². The van der Waals surface area contributed by atoms with E-state index in [9.17, 15) is 4.79 Å². The van der Waals surface area contributed by atoms with Gasteiger partial charge in [0.05, 0.1) is 11.4 Å². The summed E-state index contributed by atoms with van der Waals surface area (Å²) < 4.78 is 0. The van der Waals surface area contributed by atoms with Crippen LogP contribution in [-0.4, -0.2) is 26.1 Å². The molecule has 0 amide bonds. The van der Waals surface area contributed by atoms with Gasteiger partial charge in [-0.1, -0.05) is 6.07 Å². The SMILES string of the molecule is CCn1nc(C(=O)O)c(-c2cccs2)n1. The first-order valence-electron chi connectivity index (χ1n) is 4.44. The van der Waals surface area contributed by atoms with Crippen molar-refractivity contribution in [3.63, 3.8) is 0 Å². The average Bonchev–Trinajstić information content (AvgIpc) is 2.86. The highest BCUT2D eigenvalue weighted by Crippen LogP contribution is 2.25. The standard InChI is InChI=1S/C9H9N3O2S/c1-2-12-10-7(6-4-3-5-15-6)8(11-12)9(13)14/h3-5H,2H2,1H3,(H,13,14). The molecule has 0 aliphatic heterocycles. The maximum atomic E-state index is 10.9. The molecule has 0 spiro atoms. The molecule has 0 aromatic carbocycles. The first kappa shape index (κ1) is 9.85. The Morgan fingerprint density at radius 2 is 2.40 bits per heavy atom. The summed E-state index contributed by atoms with van der Waals surface area (Å²) in [6.45, 7) is 2.43. The number of hydrogen-bond acceptors (Lipinski definition) is 4. The van der Waals surface area contributed by atoms with E-state index in [-0.39, 0.29) is 5.69 Å². The summed E-state index contributed by atoms with van der Waals surface area (Å²) in [7, 11) is 0. The highest BCUT2D eigenvalue weighted by molar-refractivity contribution is 7.13. The molecule has 0 unspecified atom stereocenters. The molecule has 2 heterocycles. The van der Waals surface area contributed by atoms with Crippen LogP contribution in [0.1, 0.15) is 17.4 Å². The van der Waals surface area contributed by atoms with Gasteiger partial charge >= 0.3 is 5.97 Å². The lowest BCUT2D eigenvalue weighted by Crippen LogP contribution is -2.02. The maximum Gasteiger partial charge on any atom is 0.358 e. The lowest BCUT2D eigenvalue weighted by molar-refractivity contribution is 0.0690. The lowest BCUT2D eigenvalue weighted by atomic mass is 10.3. The van der Waals surface area contributed by atoms with Gasteiger partial charge in [-0.05, 0) is 18.4 Å². The number of aromatic nitrogens is 3. The van der Waals surface area contributed by atoms with E-state index in [0.29, 0.717) is 12.2 Å². The van der Waals surface area contributed by atoms with Crippen LogP contribution >= 0.6 is 11.3 Å². The zero-order valence-electron chi connectivity index (χ0n) is 8.04. The number of carboxylic acid groups (broad SMARTS) is 1. The van der Waals surface area contributed by atoms with E-state index < -0.39 is 5.97 Å². The summed E-state index contributed by atoms with van der Waals surface area (Å²) >= 11 is 1.45. The summed E-state index contributed by atoms with van der Waals surface area (Å²) in [6.07, 6.45) is 0. The van der Waals surface area contributed by atoms with Crippen LogP contribution in [0.15, 0.2) is 17.5 Å². The van der Waals surface area contributed by atoms with E-state index in [1.54, 1.807) is 0 Å². The molecule has 0 aliphatic carbocycles. The number of hydrogen-bond donors (Lipinski definition) is 1. The third kappa shape index (κ3) is 1.75. The third-order valence-corrected chi connectivity index (χ3v) is 2.77. The molecule has 78 valence electrons. The van der Waals surface area contributed by atoms with Crippen molar-refractivity contribution in [3.8, 4) is 10.6 Å². The van der Waals surface area contributed by atoms with Gasteiger partial charge in [0.15, 0.2) is 5.69 Å². The van der Waals surface area contributed by atoms with Gasteiger partial charge in [-0.25, -0.2) is 4.79 Å². The summed E-state index contributed by atoms with van der Waals surface area (Å²) in [5, 5.41) is 18.9. The molecule has 6 heteroatoms. The second-order valence-corrected chi connectivity index (χ2v) is 3.82. The number of carboxylic acids is 1. The highest BCUT2D eigenvalue weighted by atomic mass is 32.1. The molecular weight excluding hydrogens is 214 g/mol. The first-order valence-corrected chi connectivity index (χ1v) is 5.32. The Hall–Kier alpha value is -1.69. The van der Waals surface area contributed by atoms with Crippen LogP contribution in [-0.2, 0) is 6.54 Å². The van der Waals surface area contributed by atoms with Crippen molar-refractivity contribution in [1.82, 2.24) is 15.0 Å². The molecule has 2 aromatic rings. The summed E-state index contributed by atoms with van der Waals surface area (Å²) in [5.74, 6) is -1.04. The van der Waals surface area contributed by atoms with Crippen molar-refractivity contribution < 1.29 is 9.90 Å². The molecular formula is C9H9N3O2S. The van der Waals surface area contributed by atoms with Gasteiger partial charge in [-0.15, -0.1) is 16.4 Å². The monoisotopic (exact) mass is 223 g/mol. The zero-order chi connectivity index (χ0) is 10.8. The highest BCUT2D eigenvalue weighted by Gasteiger charge is 2.19. The minimum absolute atomic E-state index is 0.0132. The fourth-order valence-corrected chi connectivity index (χ4v) is 1.92. The van der Waals surface area contributed by atoms with Gasteiger partial charge in [-0.2, -0.15) is 9.90 Å². The molecule has 0 saturated carbocycles. The molecule has 0 fully saturated rings. The number of rotatable bonds is 3. The third-order valence-electron chi connectivity index (χ3n) is 1.90. The predicted octanol–water partition coefficient (Wildman–Crippen LogP) is 1.72. The van der Waals surface area contributed by atoms with Crippen LogP contribution in [0.25, 0.3) is 10.6 Å². The van der Waals surface area contributed by atoms with Crippen molar-refractivity contribution in [1.29, 1.82) is 0 Å². The molecule has 2 aromatic heterocycles. The van der Waals surface area contributed by atoms with E-state index in [1.807, 2.05) is 24.4 Å². The van der Waals surface area contributed by atoms with Crippen LogP contribution in [0.4, 0.5) is 0 Å². The van der Waals surface area contributed by atoms with Gasteiger partial charge in [0.25, 0.3) is 0 Å². The molecule has 1 N–H and O–H groups in total. The first-order chi connectivity index (χ1) is 7.22. The molecule has 0 bridgehead atoms. The Balaban J connectivity index is 2.54. The van der Waals surface area contributed by atoms with Gasteiger partial charge in [0, 0.05) is 0 Å². The van der Waals surface area contributed by atoms with Crippen LogP contribution in [0.5, 0.6) is 0 Å². The topological polar surface area (TPSA) is 68.0 Å². The Labute approximate surface area is 90.0 Å². The van der Waals surface area contributed by atoms with Crippen molar-refractivity contribution in [2.75, 3.05) is 0 Å². The quantitative estimate of drug-likeness (QED) is 0.860. The minimum atomic E-state index is -1.04. The van der Waals surface area contributed by atoms with E-state index in [1.165, 1.54) is 16.1 Å². The normalized spacial score (nSPS) is 10.5. The minimum Gasteiger partial charge on any atom is -0.476 e. The van der Waals surface area contributed by atoms with Crippen LogP contribution in [0, 0.1) is 0 Å². The van der Waals surface area contributed by atoms with Gasteiger partial charge in [-0.3, -0.25) is 0 Å². The van der Waals surface area contributed by atoms with Crippen LogP contribution in [0.3, 0.4) is 0 Å². The molecule has 0 atom stereocenters. The number of thiophene rings is 1. The smallest absolute Gasteiger partial charge is 0.358 e. The average molecular weight is 223 g/mol. The largest absolute Gasteiger partial charge is 0.476 e. The van der Waals surface area contributed by atoms with Crippen molar-refractivity contribution in [3.05, 3.63) is 23.2 Å². The van der Waals surface area contributed by atoms with Gasteiger partial charge in [0.2, 0.25) is 0 Å². The van der Waals surface area contributed by atoms with E-state index >= 15 is 0 Å². The second kappa shape index (κ2) is 3.82. The zero-order valence-corrected chi connectivity index (χ0v) is 8.86. The summed E-state index contributed by atoms with van der Waals surface area (Å²) in [5.41, 5.74) is 0.457. The van der Waals surface area contributed by atoms with Crippen molar-refractivity contribution >= 4 is 17.3 Å². The van der Waals surface area contributed by atoms with Gasteiger partial charge < -0.3 is 5.11 Å². The molecule has 0 aliphatic rings. The number of aryl methyl sites for hydroxylation is 1. The molecule has 2 rings (SSSR count). The molecule has 0 radical (unpaired) electrons. The molecule has 0 saturated heterocycles. The predicted molar refractivity (Wildman–Crippen MR) is 56.0 cm³/mol. The summed E-state index contributed by atoms with van der Waals surface area (Å²) in [6, 6.07) is 3.69. The van der Waals surface area contributed by atoms with Crippen molar-refractivity contribution in [2.24, 2.45) is 0 Å². The van der Waals surface area contributed by atoms with Crippen molar-refractivity contribution in [2.45, 2.75) is 13.5 Å². The molecule has 15 heavy (non-hydrogen) atoms. The van der Waals surface area contributed by atoms with Crippen LogP contribution in [0.2, 0.25) is 0 Å².